The van der Waals surface area contributed by atoms with E-state index in [4.69, 9.17) is 0 Å². The van der Waals surface area contributed by atoms with Crippen LogP contribution in [-0.4, -0.2) is 7.05 Å². The predicted octanol–water partition coefficient (Wildman–Crippen LogP) is 3.46. The van der Waals surface area contributed by atoms with E-state index in [2.05, 4.69) is 25.0 Å². The van der Waals surface area contributed by atoms with Crippen molar-refractivity contribution < 1.29 is 0 Å². The van der Waals surface area contributed by atoms with Gasteiger partial charge >= 0.3 is 0 Å². The summed E-state index contributed by atoms with van der Waals surface area (Å²) >= 11 is 2.01. The van der Waals surface area contributed by atoms with Gasteiger partial charge in [-0.05, 0) is 50.8 Å². The first-order valence-electron chi connectivity index (χ1n) is 5.74. The van der Waals surface area contributed by atoms with Crippen molar-refractivity contribution in [2.45, 2.75) is 38.1 Å². The maximum Gasteiger partial charge on any atom is 0.0415 e. The van der Waals surface area contributed by atoms with Crippen molar-refractivity contribution in [1.82, 2.24) is 5.32 Å². The number of fused-ring (bicyclic) bond motifs is 1. The molecule has 15 heavy (non-hydrogen) atoms. The lowest BCUT2D eigenvalue weighted by Gasteiger charge is -2.13. The summed E-state index contributed by atoms with van der Waals surface area (Å²) in [7, 11) is 2.05. The highest BCUT2D eigenvalue weighted by Crippen LogP contribution is 2.34. The molecular weight excluding hydrogens is 202 g/mol. The summed E-state index contributed by atoms with van der Waals surface area (Å²) in [5.74, 6) is 0. The van der Waals surface area contributed by atoms with Crippen molar-refractivity contribution in [3.05, 3.63) is 34.0 Å². The maximum absolute atomic E-state index is 3.79. The van der Waals surface area contributed by atoms with Crippen molar-refractivity contribution in [2.24, 2.45) is 0 Å². The summed E-state index contributed by atoms with van der Waals surface area (Å²) < 4.78 is 0. The third-order valence-electron chi connectivity index (χ3n) is 3.12. The quantitative estimate of drug-likeness (QED) is 0.751. The Kier molecular flexibility index (Phi) is 3.60. The molecule has 0 bridgehead atoms. The molecule has 82 valence electrons. The molecule has 1 aliphatic carbocycles. The molecule has 0 saturated heterocycles. The van der Waals surface area contributed by atoms with Gasteiger partial charge in [0.15, 0.2) is 0 Å². The summed E-state index contributed by atoms with van der Waals surface area (Å²) in [6, 6.07) is 2.94. The Hall–Kier alpha value is -0.600. The monoisotopic (exact) mass is 221 g/mol. The fourth-order valence-corrected chi connectivity index (χ4v) is 3.64. The van der Waals surface area contributed by atoms with Gasteiger partial charge in [0.25, 0.3) is 0 Å². The van der Waals surface area contributed by atoms with Crippen molar-refractivity contribution in [3.63, 3.8) is 0 Å². The summed E-state index contributed by atoms with van der Waals surface area (Å²) in [5, 5.41) is 3.40. The average Bonchev–Trinajstić information content (AvgIpc) is 2.79. The van der Waals surface area contributed by atoms with E-state index >= 15 is 0 Å². The van der Waals surface area contributed by atoms with Gasteiger partial charge in [-0.3, -0.25) is 0 Å². The van der Waals surface area contributed by atoms with Crippen LogP contribution in [0.5, 0.6) is 0 Å². The van der Waals surface area contributed by atoms with E-state index in [-0.39, 0.29) is 0 Å². The smallest absolute Gasteiger partial charge is 0.0415 e. The first-order chi connectivity index (χ1) is 7.35. The number of nitrogens with one attached hydrogen (secondary N) is 1. The Balaban J connectivity index is 2.09. The largest absolute Gasteiger partial charge is 0.312 e. The van der Waals surface area contributed by atoms with Gasteiger partial charge < -0.3 is 5.32 Å². The molecule has 0 amide bonds. The molecule has 0 spiro atoms. The summed E-state index contributed by atoms with van der Waals surface area (Å²) in [6.07, 6.45) is 8.22. The van der Waals surface area contributed by atoms with Crippen molar-refractivity contribution in [3.8, 4) is 0 Å². The molecule has 0 fully saturated rings. The third kappa shape index (κ3) is 2.32. The lowest BCUT2D eigenvalue weighted by atomic mass is 10.1. The zero-order chi connectivity index (χ0) is 10.7. The second kappa shape index (κ2) is 4.95. The van der Waals surface area contributed by atoms with Crippen LogP contribution in [-0.2, 0) is 12.8 Å². The Morgan fingerprint density at radius 2 is 2.47 bits per heavy atom. The highest BCUT2D eigenvalue weighted by molar-refractivity contribution is 7.12. The van der Waals surface area contributed by atoms with Crippen LogP contribution in [0.1, 0.15) is 40.6 Å². The topological polar surface area (TPSA) is 12.0 Å². The van der Waals surface area contributed by atoms with Gasteiger partial charge in [0.2, 0.25) is 0 Å². The van der Waals surface area contributed by atoms with E-state index in [1.54, 1.807) is 10.4 Å². The van der Waals surface area contributed by atoms with E-state index in [9.17, 15) is 0 Å². The van der Waals surface area contributed by atoms with Crippen molar-refractivity contribution in [1.29, 1.82) is 0 Å². The SMILES string of the molecule is C=CCCC(NC)c1cc2c(s1)CCC2. The Morgan fingerprint density at radius 1 is 1.60 bits per heavy atom. The number of hydrogen-bond acceptors (Lipinski definition) is 2. The number of hydrogen-bond donors (Lipinski definition) is 1. The average molecular weight is 221 g/mol. The van der Waals surface area contributed by atoms with Crippen LogP contribution >= 0.6 is 11.3 Å². The zero-order valence-corrected chi connectivity index (χ0v) is 10.2. The molecule has 0 radical (unpaired) electrons. The first-order valence-corrected chi connectivity index (χ1v) is 6.56. The minimum absolute atomic E-state index is 0.526. The molecular formula is C13H19NS. The number of thiophene rings is 1. The van der Waals surface area contributed by atoms with Crippen LogP contribution in [0.3, 0.4) is 0 Å². The number of allylic oxidation sites excluding steroid dienone is 1. The van der Waals surface area contributed by atoms with Crippen LogP contribution in [0.2, 0.25) is 0 Å². The van der Waals surface area contributed by atoms with E-state index in [0.717, 1.165) is 6.42 Å². The molecule has 2 rings (SSSR count). The Morgan fingerprint density at radius 3 is 3.13 bits per heavy atom. The van der Waals surface area contributed by atoms with Gasteiger partial charge in [-0.2, -0.15) is 0 Å². The molecule has 1 aliphatic rings. The van der Waals surface area contributed by atoms with Gasteiger partial charge in [0.05, 0.1) is 0 Å². The van der Waals surface area contributed by atoms with E-state index in [0.29, 0.717) is 6.04 Å². The predicted molar refractivity (Wildman–Crippen MR) is 67.6 cm³/mol. The third-order valence-corrected chi connectivity index (χ3v) is 4.47. The van der Waals surface area contributed by atoms with Gasteiger partial charge in [0, 0.05) is 15.8 Å². The van der Waals surface area contributed by atoms with Crippen LogP contribution in [0, 0.1) is 0 Å². The molecule has 1 nitrogen and oxygen atoms in total. The normalized spacial score (nSPS) is 16.3. The molecule has 1 unspecified atom stereocenters. The molecule has 1 N–H and O–H groups in total. The van der Waals surface area contributed by atoms with Gasteiger partial charge in [-0.25, -0.2) is 0 Å². The minimum Gasteiger partial charge on any atom is -0.312 e. The fourth-order valence-electron chi connectivity index (χ4n) is 2.24. The van der Waals surface area contributed by atoms with Gasteiger partial charge in [-0.15, -0.1) is 17.9 Å². The molecule has 2 heteroatoms. The molecule has 0 aromatic carbocycles. The van der Waals surface area contributed by atoms with Crippen LogP contribution in [0.25, 0.3) is 0 Å². The minimum atomic E-state index is 0.526. The molecule has 0 aliphatic heterocycles. The van der Waals surface area contributed by atoms with Gasteiger partial charge in [0.1, 0.15) is 0 Å². The lowest BCUT2D eigenvalue weighted by molar-refractivity contribution is 0.563. The Bertz CT molecular complexity index is 319. The van der Waals surface area contributed by atoms with Gasteiger partial charge in [-0.1, -0.05) is 6.08 Å². The second-order valence-electron chi connectivity index (χ2n) is 4.16. The van der Waals surface area contributed by atoms with E-state index < -0.39 is 0 Å². The number of rotatable bonds is 5. The Labute approximate surface area is 96.2 Å². The summed E-state index contributed by atoms with van der Waals surface area (Å²) in [5.41, 5.74) is 1.61. The van der Waals surface area contributed by atoms with Crippen molar-refractivity contribution >= 4 is 11.3 Å². The molecule has 1 aromatic heterocycles. The van der Waals surface area contributed by atoms with Crippen molar-refractivity contribution in [2.75, 3.05) is 7.05 Å². The van der Waals surface area contributed by atoms with Crippen LogP contribution in [0.15, 0.2) is 18.7 Å². The van der Waals surface area contributed by atoms with E-state index in [1.165, 1.54) is 30.6 Å². The molecule has 1 aromatic rings. The molecule has 1 atom stereocenters. The fraction of sp³-hybridized carbons (Fsp3) is 0.538. The maximum atomic E-state index is 3.79. The van der Waals surface area contributed by atoms with Crippen LogP contribution in [0.4, 0.5) is 0 Å². The van der Waals surface area contributed by atoms with Crippen LogP contribution < -0.4 is 5.32 Å². The highest BCUT2D eigenvalue weighted by atomic mass is 32.1. The first kappa shape index (κ1) is 10.9. The standard InChI is InChI=1S/C13H19NS/c1-3-4-7-11(14-2)13-9-10-6-5-8-12(10)15-13/h3,9,11,14H,1,4-8H2,2H3. The second-order valence-corrected chi connectivity index (χ2v) is 5.33. The summed E-state index contributed by atoms with van der Waals surface area (Å²) in [4.78, 5) is 3.15. The lowest BCUT2D eigenvalue weighted by Crippen LogP contribution is -2.14. The zero-order valence-electron chi connectivity index (χ0n) is 9.38. The highest BCUT2D eigenvalue weighted by Gasteiger charge is 2.18. The molecule has 0 saturated carbocycles. The summed E-state index contributed by atoms with van der Waals surface area (Å²) in [6.45, 7) is 3.79. The van der Waals surface area contributed by atoms with E-state index in [1.807, 2.05) is 17.4 Å². The molecule has 1 heterocycles. The number of aryl methyl sites for hydroxylation is 2.